The number of hydrogen-bond donors (Lipinski definition) is 1. The van der Waals surface area contributed by atoms with Crippen molar-refractivity contribution in [2.45, 2.75) is 45.1 Å². The number of aryl methyl sites for hydroxylation is 1. The van der Waals surface area contributed by atoms with Crippen molar-refractivity contribution in [3.8, 4) is 0 Å². The quantitative estimate of drug-likeness (QED) is 0.915. The van der Waals surface area contributed by atoms with Gasteiger partial charge in [0.05, 0.1) is 0 Å². The van der Waals surface area contributed by atoms with Crippen LogP contribution in [0, 0.1) is 6.92 Å². The van der Waals surface area contributed by atoms with E-state index in [2.05, 4.69) is 43.4 Å². The van der Waals surface area contributed by atoms with Crippen LogP contribution in [0.3, 0.4) is 0 Å². The van der Waals surface area contributed by atoms with Gasteiger partial charge in [-0.05, 0) is 43.9 Å². The van der Waals surface area contributed by atoms with E-state index in [0.29, 0.717) is 24.3 Å². The Bertz CT molecular complexity index is 458. The monoisotopic (exact) mass is 274 g/mol. The molecule has 0 saturated carbocycles. The van der Waals surface area contributed by atoms with E-state index in [-0.39, 0.29) is 0 Å². The number of piperidine rings is 1. The standard InChI is InChI=1S/C17H26N2O/c1-13-7-4-5-9-16(13)14(2)11-17(20)19-10-6-8-15(12-19)18-3/h4-5,7,9,14-15,18H,6,8,10-12H2,1-3H3/t14-,15-/m1/s1. The Morgan fingerprint density at radius 1 is 1.45 bits per heavy atom. The average Bonchev–Trinajstić information content (AvgIpc) is 2.47. The van der Waals surface area contributed by atoms with Crippen LogP contribution in [0.4, 0.5) is 0 Å². The van der Waals surface area contributed by atoms with E-state index in [1.807, 2.05) is 11.9 Å². The molecule has 0 unspecified atom stereocenters. The van der Waals surface area contributed by atoms with Gasteiger partial charge in [0.1, 0.15) is 0 Å². The molecule has 0 spiro atoms. The highest BCUT2D eigenvalue weighted by atomic mass is 16.2. The number of nitrogens with zero attached hydrogens (tertiary/aromatic N) is 1. The molecule has 0 aliphatic carbocycles. The second kappa shape index (κ2) is 6.89. The number of likely N-dealkylation sites (tertiary alicyclic amines) is 1. The lowest BCUT2D eigenvalue weighted by molar-refractivity contribution is -0.132. The van der Waals surface area contributed by atoms with Gasteiger partial charge in [-0.3, -0.25) is 4.79 Å². The summed E-state index contributed by atoms with van der Waals surface area (Å²) in [7, 11) is 1.98. The van der Waals surface area contributed by atoms with Crippen LogP contribution in [0.1, 0.15) is 43.2 Å². The van der Waals surface area contributed by atoms with E-state index in [1.54, 1.807) is 0 Å². The molecule has 3 nitrogen and oxygen atoms in total. The summed E-state index contributed by atoms with van der Waals surface area (Å²) >= 11 is 0. The molecule has 1 N–H and O–H groups in total. The van der Waals surface area contributed by atoms with E-state index >= 15 is 0 Å². The molecule has 1 aliphatic heterocycles. The minimum Gasteiger partial charge on any atom is -0.341 e. The van der Waals surface area contributed by atoms with E-state index in [9.17, 15) is 4.79 Å². The van der Waals surface area contributed by atoms with Crippen molar-refractivity contribution in [3.05, 3.63) is 35.4 Å². The van der Waals surface area contributed by atoms with Crippen LogP contribution < -0.4 is 5.32 Å². The minimum absolute atomic E-state index is 0.290. The van der Waals surface area contributed by atoms with Gasteiger partial charge >= 0.3 is 0 Å². The van der Waals surface area contributed by atoms with Crippen LogP contribution in [0.5, 0.6) is 0 Å². The Kier molecular flexibility index (Phi) is 5.18. The number of carbonyl (C=O) groups is 1. The van der Waals surface area contributed by atoms with Gasteiger partial charge in [-0.2, -0.15) is 0 Å². The number of rotatable bonds is 4. The molecule has 2 atom stereocenters. The number of likely N-dealkylation sites (N-methyl/N-ethyl adjacent to an activating group) is 1. The third kappa shape index (κ3) is 3.60. The molecular formula is C17H26N2O. The van der Waals surface area contributed by atoms with Gasteiger partial charge in [0.2, 0.25) is 5.91 Å². The molecule has 1 saturated heterocycles. The fourth-order valence-corrected chi connectivity index (χ4v) is 3.08. The Labute approximate surface area is 122 Å². The fourth-order valence-electron chi connectivity index (χ4n) is 3.08. The molecule has 3 heteroatoms. The number of hydrogen-bond acceptors (Lipinski definition) is 2. The smallest absolute Gasteiger partial charge is 0.223 e. The lowest BCUT2D eigenvalue weighted by Gasteiger charge is -2.33. The van der Waals surface area contributed by atoms with Gasteiger partial charge in [-0.1, -0.05) is 31.2 Å². The van der Waals surface area contributed by atoms with Crippen LogP contribution in [0.15, 0.2) is 24.3 Å². The zero-order chi connectivity index (χ0) is 14.5. The zero-order valence-corrected chi connectivity index (χ0v) is 12.9. The SMILES string of the molecule is CN[C@@H]1CCCN(C(=O)C[C@@H](C)c2ccccc2C)C1. The van der Waals surface area contributed by atoms with E-state index in [0.717, 1.165) is 19.5 Å². The maximum absolute atomic E-state index is 12.5. The number of amides is 1. The first-order valence-electron chi connectivity index (χ1n) is 7.62. The summed E-state index contributed by atoms with van der Waals surface area (Å²) in [5.74, 6) is 0.583. The molecule has 1 amide bonds. The number of nitrogens with one attached hydrogen (secondary N) is 1. The molecule has 0 aromatic heterocycles. The van der Waals surface area contributed by atoms with E-state index < -0.39 is 0 Å². The van der Waals surface area contributed by atoms with Crippen molar-refractivity contribution in [1.29, 1.82) is 0 Å². The first-order chi connectivity index (χ1) is 9.61. The largest absolute Gasteiger partial charge is 0.341 e. The molecule has 110 valence electrons. The molecule has 0 bridgehead atoms. The highest BCUT2D eigenvalue weighted by Gasteiger charge is 2.24. The Balaban J connectivity index is 1.95. The summed E-state index contributed by atoms with van der Waals surface area (Å²) in [6.45, 7) is 6.04. The lowest BCUT2D eigenvalue weighted by Crippen LogP contribution is -2.47. The van der Waals surface area contributed by atoms with Crippen LogP contribution >= 0.6 is 0 Å². The molecule has 1 aromatic carbocycles. The van der Waals surface area contributed by atoms with Crippen LogP contribution in [0.25, 0.3) is 0 Å². The maximum atomic E-state index is 12.5. The van der Waals surface area contributed by atoms with Crippen molar-refractivity contribution in [3.63, 3.8) is 0 Å². The Hall–Kier alpha value is -1.35. The van der Waals surface area contributed by atoms with E-state index in [1.165, 1.54) is 17.5 Å². The molecule has 0 radical (unpaired) electrons. The predicted octanol–water partition coefficient (Wildman–Crippen LogP) is 2.70. The first kappa shape index (κ1) is 15.0. The van der Waals surface area contributed by atoms with Crippen molar-refractivity contribution in [1.82, 2.24) is 10.2 Å². The van der Waals surface area contributed by atoms with Gasteiger partial charge < -0.3 is 10.2 Å². The van der Waals surface area contributed by atoms with Crippen molar-refractivity contribution in [2.75, 3.05) is 20.1 Å². The molecule has 20 heavy (non-hydrogen) atoms. The first-order valence-corrected chi connectivity index (χ1v) is 7.62. The molecule has 1 heterocycles. The second-order valence-electron chi connectivity index (χ2n) is 5.93. The van der Waals surface area contributed by atoms with Gasteiger partial charge in [-0.25, -0.2) is 0 Å². The summed E-state index contributed by atoms with van der Waals surface area (Å²) in [6, 6.07) is 8.83. The highest BCUT2D eigenvalue weighted by molar-refractivity contribution is 5.77. The maximum Gasteiger partial charge on any atom is 0.223 e. The molecule has 1 aliphatic rings. The average molecular weight is 274 g/mol. The predicted molar refractivity (Wildman–Crippen MR) is 82.9 cm³/mol. The van der Waals surface area contributed by atoms with Crippen LogP contribution in [-0.4, -0.2) is 37.0 Å². The normalized spacial score (nSPS) is 20.8. The number of carbonyl (C=O) groups excluding carboxylic acids is 1. The molecular weight excluding hydrogens is 248 g/mol. The number of benzene rings is 1. The summed E-state index contributed by atoms with van der Waals surface area (Å²) in [6.07, 6.45) is 2.89. The third-order valence-corrected chi connectivity index (χ3v) is 4.38. The minimum atomic E-state index is 0.290. The van der Waals surface area contributed by atoms with Gasteiger partial charge in [0.15, 0.2) is 0 Å². The van der Waals surface area contributed by atoms with Gasteiger partial charge in [0, 0.05) is 25.6 Å². The Morgan fingerprint density at radius 3 is 2.90 bits per heavy atom. The van der Waals surface area contributed by atoms with Crippen molar-refractivity contribution >= 4 is 5.91 Å². The van der Waals surface area contributed by atoms with E-state index in [4.69, 9.17) is 0 Å². The fraction of sp³-hybridized carbons (Fsp3) is 0.588. The lowest BCUT2D eigenvalue weighted by atomic mass is 9.93. The highest BCUT2D eigenvalue weighted by Crippen LogP contribution is 2.24. The zero-order valence-electron chi connectivity index (χ0n) is 12.9. The van der Waals surface area contributed by atoms with Gasteiger partial charge in [-0.15, -0.1) is 0 Å². The summed E-state index contributed by atoms with van der Waals surface area (Å²) < 4.78 is 0. The van der Waals surface area contributed by atoms with Crippen LogP contribution in [-0.2, 0) is 4.79 Å². The Morgan fingerprint density at radius 2 is 2.20 bits per heavy atom. The second-order valence-corrected chi connectivity index (χ2v) is 5.93. The third-order valence-electron chi connectivity index (χ3n) is 4.38. The van der Waals surface area contributed by atoms with Crippen molar-refractivity contribution in [2.24, 2.45) is 0 Å². The molecule has 1 fully saturated rings. The summed E-state index contributed by atoms with van der Waals surface area (Å²) in [4.78, 5) is 14.5. The topological polar surface area (TPSA) is 32.3 Å². The van der Waals surface area contributed by atoms with Crippen molar-refractivity contribution < 1.29 is 4.79 Å². The summed E-state index contributed by atoms with van der Waals surface area (Å²) in [5.41, 5.74) is 2.57. The molecule has 1 aromatic rings. The molecule has 2 rings (SSSR count). The van der Waals surface area contributed by atoms with Gasteiger partial charge in [0.25, 0.3) is 0 Å². The summed E-state index contributed by atoms with van der Waals surface area (Å²) in [5, 5.41) is 3.29. The van der Waals surface area contributed by atoms with Crippen LogP contribution in [0.2, 0.25) is 0 Å².